The minimum atomic E-state index is -0.662. The van der Waals surface area contributed by atoms with Gasteiger partial charge in [-0.05, 0) is 49.2 Å². The van der Waals surface area contributed by atoms with Crippen molar-refractivity contribution >= 4 is 23.5 Å². The molecule has 7 heteroatoms. The number of aryl methyl sites for hydroxylation is 1. The average molecular weight is 424 g/mol. The quantitative estimate of drug-likeness (QED) is 0.722. The predicted molar refractivity (Wildman–Crippen MR) is 119 cm³/mol. The van der Waals surface area contributed by atoms with Gasteiger partial charge in [0.15, 0.2) is 0 Å². The summed E-state index contributed by atoms with van der Waals surface area (Å²) in [7, 11) is 3.04. The molecule has 0 aliphatic carbocycles. The maximum atomic E-state index is 13.0. The number of anilines is 1. The summed E-state index contributed by atoms with van der Waals surface area (Å²) in [6.07, 6.45) is 0.422. The molecule has 2 aromatic rings. The molecule has 164 valence electrons. The maximum Gasteiger partial charge on any atom is 0.328 e. The number of methoxy groups -OCH3 is 1. The zero-order chi connectivity index (χ0) is 22.5. The standard InChI is InChI=1S/C24H29N3O4/c1-16-8-7-11-20(17(16)2)25-22(28)14-26(3)15-23(29)27-13-19-10-6-5-9-18(19)12-21(27)24(30)31-4/h5-11,21H,12-15H2,1-4H3,(H,25,28)/t21-/m1/s1. The number of ether oxygens (including phenoxy) is 1. The molecule has 1 aliphatic heterocycles. The lowest BCUT2D eigenvalue weighted by Crippen LogP contribution is -2.52. The summed E-state index contributed by atoms with van der Waals surface area (Å²) in [4.78, 5) is 41.0. The lowest BCUT2D eigenvalue weighted by Gasteiger charge is -2.36. The van der Waals surface area contributed by atoms with E-state index in [-0.39, 0.29) is 24.9 Å². The molecule has 7 nitrogen and oxygen atoms in total. The summed E-state index contributed by atoms with van der Waals surface area (Å²) in [5.74, 6) is -0.845. The van der Waals surface area contributed by atoms with Crippen LogP contribution in [0.2, 0.25) is 0 Å². The molecule has 0 radical (unpaired) electrons. The van der Waals surface area contributed by atoms with Crippen LogP contribution in [0.25, 0.3) is 0 Å². The van der Waals surface area contributed by atoms with E-state index in [0.29, 0.717) is 13.0 Å². The van der Waals surface area contributed by atoms with Crippen LogP contribution in [0.15, 0.2) is 42.5 Å². The van der Waals surface area contributed by atoms with Crippen molar-refractivity contribution < 1.29 is 19.1 Å². The van der Waals surface area contributed by atoms with Crippen LogP contribution in [-0.2, 0) is 32.1 Å². The molecule has 1 atom stereocenters. The van der Waals surface area contributed by atoms with Crippen molar-refractivity contribution in [2.75, 3.05) is 32.6 Å². The van der Waals surface area contributed by atoms with Crippen LogP contribution in [0.4, 0.5) is 5.69 Å². The molecule has 1 aliphatic rings. The minimum absolute atomic E-state index is 0.0237. The second-order valence-electron chi connectivity index (χ2n) is 8.00. The van der Waals surface area contributed by atoms with Crippen molar-refractivity contribution in [1.29, 1.82) is 0 Å². The smallest absolute Gasteiger partial charge is 0.328 e. The van der Waals surface area contributed by atoms with Gasteiger partial charge >= 0.3 is 5.97 Å². The van der Waals surface area contributed by atoms with Crippen LogP contribution >= 0.6 is 0 Å². The van der Waals surface area contributed by atoms with Gasteiger partial charge in [-0.2, -0.15) is 0 Å². The van der Waals surface area contributed by atoms with Crippen molar-refractivity contribution in [1.82, 2.24) is 9.80 Å². The van der Waals surface area contributed by atoms with Crippen molar-refractivity contribution in [3.63, 3.8) is 0 Å². The van der Waals surface area contributed by atoms with Crippen LogP contribution in [0, 0.1) is 13.8 Å². The summed E-state index contributed by atoms with van der Waals surface area (Å²) in [6.45, 7) is 4.38. The molecule has 2 aromatic carbocycles. The molecule has 31 heavy (non-hydrogen) atoms. The van der Waals surface area contributed by atoms with Gasteiger partial charge in [-0.3, -0.25) is 14.5 Å². The van der Waals surface area contributed by atoms with Crippen LogP contribution < -0.4 is 5.32 Å². The molecular formula is C24H29N3O4. The van der Waals surface area contributed by atoms with Crippen LogP contribution in [0.1, 0.15) is 22.3 Å². The van der Waals surface area contributed by atoms with E-state index >= 15 is 0 Å². The molecule has 0 spiro atoms. The second-order valence-corrected chi connectivity index (χ2v) is 8.00. The summed E-state index contributed by atoms with van der Waals surface area (Å²) in [5, 5.41) is 2.90. The fourth-order valence-electron chi connectivity index (χ4n) is 3.83. The Kier molecular flexibility index (Phi) is 7.07. The Morgan fingerprint density at radius 1 is 1.06 bits per heavy atom. The number of likely N-dealkylation sites (N-methyl/N-ethyl adjacent to an activating group) is 1. The SMILES string of the molecule is COC(=O)[C@H]1Cc2ccccc2CN1C(=O)CN(C)CC(=O)Nc1cccc(C)c1C. The minimum Gasteiger partial charge on any atom is -0.467 e. The summed E-state index contributed by atoms with van der Waals surface area (Å²) in [6, 6.07) is 12.9. The lowest BCUT2D eigenvalue weighted by molar-refractivity contribution is -0.154. The van der Waals surface area contributed by atoms with Crippen LogP contribution in [-0.4, -0.2) is 60.9 Å². The molecule has 2 amide bonds. The first-order chi connectivity index (χ1) is 14.8. The van der Waals surface area contributed by atoms with Gasteiger partial charge in [0, 0.05) is 18.7 Å². The van der Waals surface area contributed by atoms with Gasteiger partial charge in [0.1, 0.15) is 6.04 Å². The molecular weight excluding hydrogens is 394 g/mol. The number of amides is 2. The number of nitrogens with zero attached hydrogens (tertiary/aromatic N) is 2. The predicted octanol–water partition coefficient (Wildman–Crippen LogP) is 2.30. The zero-order valence-corrected chi connectivity index (χ0v) is 18.5. The van der Waals surface area contributed by atoms with E-state index < -0.39 is 12.0 Å². The number of fused-ring (bicyclic) bond motifs is 1. The van der Waals surface area contributed by atoms with Gasteiger partial charge in [0.2, 0.25) is 11.8 Å². The van der Waals surface area contributed by atoms with E-state index in [1.54, 1.807) is 16.8 Å². The zero-order valence-electron chi connectivity index (χ0n) is 18.5. The summed E-state index contributed by atoms with van der Waals surface area (Å²) < 4.78 is 4.93. The largest absolute Gasteiger partial charge is 0.467 e. The second kappa shape index (κ2) is 9.75. The third-order valence-corrected chi connectivity index (χ3v) is 5.74. The number of hydrogen-bond acceptors (Lipinski definition) is 5. The van der Waals surface area contributed by atoms with Crippen molar-refractivity contribution in [2.45, 2.75) is 32.9 Å². The van der Waals surface area contributed by atoms with Crippen molar-refractivity contribution in [3.05, 3.63) is 64.7 Å². The topological polar surface area (TPSA) is 79.0 Å². The Labute approximate surface area is 183 Å². The normalized spacial score (nSPS) is 15.4. The Bertz CT molecular complexity index is 989. The van der Waals surface area contributed by atoms with E-state index in [1.807, 2.05) is 56.3 Å². The summed E-state index contributed by atoms with van der Waals surface area (Å²) >= 11 is 0. The maximum absolute atomic E-state index is 13.0. The number of carbonyl (C=O) groups is 3. The first kappa shape index (κ1) is 22.5. The molecule has 3 rings (SSSR count). The Hall–Kier alpha value is -3.19. The Morgan fingerprint density at radius 3 is 2.48 bits per heavy atom. The van der Waals surface area contributed by atoms with E-state index in [1.165, 1.54) is 7.11 Å². The molecule has 0 saturated carbocycles. The monoisotopic (exact) mass is 423 g/mol. The van der Waals surface area contributed by atoms with E-state index in [2.05, 4.69) is 5.32 Å². The highest BCUT2D eigenvalue weighted by Crippen LogP contribution is 2.24. The van der Waals surface area contributed by atoms with Gasteiger partial charge in [0.25, 0.3) is 0 Å². The molecule has 0 aromatic heterocycles. The molecule has 0 unspecified atom stereocenters. The van der Waals surface area contributed by atoms with Crippen LogP contribution in [0.5, 0.6) is 0 Å². The van der Waals surface area contributed by atoms with E-state index in [9.17, 15) is 14.4 Å². The highest BCUT2D eigenvalue weighted by atomic mass is 16.5. The number of hydrogen-bond donors (Lipinski definition) is 1. The number of esters is 1. The molecule has 0 fully saturated rings. The molecule has 1 heterocycles. The van der Waals surface area contributed by atoms with Gasteiger partial charge in [-0.15, -0.1) is 0 Å². The number of rotatable bonds is 6. The first-order valence-corrected chi connectivity index (χ1v) is 10.3. The summed E-state index contributed by atoms with van der Waals surface area (Å²) in [5.41, 5.74) is 4.95. The van der Waals surface area contributed by atoms with Gasteiger partial charge in [-0.25, -0.2) is 4.79 Å². The van der Waals surface area contributed by atoms with Gasteiger partial charge in [0.05, 0.1) is 20.2 Å². The molecule has 1 N–H and O–H groups in total. The number of carbonyl (C=O) groups excluding carboxylic acids is 3. The fraction of sp³-hybridized carbons (Fsp3) is 0.375. The third-order valence-electron chi connectivity index (χ3n) is 5.74. The van der Waals surface area contributed by atoms with Crippen molar-refractivity contribution in [2.24, 2.45) is 0 Å². The average Bonchev–Trinajstić information content (AvgIpc) is 2.75. The third kappa shape index (κ3) is 5.30. The van der Waals surface area contributed by atoms with Crippen LogP contribution in [0.3, 0.4) is 0 Å². The highest BCUT2D eigenvalue weighted by Gasteiger charge is 2.35. The number of benzene rings is 2. The van der Waals surface area contributed by atoms with Gasteiger partial charge < -0.3 is 15.0 Å². The molecule has 0 saturated heterocycles. The molecule has 0 bridgehead atoms. The Balaban J connectivity index is 1.64. The van der Waals surface area contributed by atoms with Crippen molar-refractivity contribution in [3.8, 4) is 0 Å². The van der Waals surface area contributed by atoms with E-state index in [0.717, 1.165) is 27.9 Å². The van der Waals surface area contributed by atoms with E-state index in [4.69, 9.17) is 4.74 Å². The fourth-order valence-corrected chi connectivity index (χ4v) is 3.83. The Morgan fingerprint density at radius 2 is 1.77 bits per heavy atom. The number of nitrogens with one attached hydrogen (secondary N) is 1. The highest BCUT2D eigenvalue weighted by molar-refractivity contribution is 5.93. The van der Waals surface area contributed by atoms with Gasteiger partial charge in [-0.1, -0.05) is 36.4 Å². The first-order valence-electron chi connectivity index (χ1n) is 10.3. The lowest BCUT2D eigenvalue weighted by atomic mass is 9.94.